The number of aryl methyl sites for hydroxylation is 1. The first-order valence-electron chi connectivity index (χ1n) is 8.44. The van der Waals surface area contributed by atoms with Crippen molar-refractivity contribution in [1.82, 2.24) is 10.1 Å². The Kier molecular flexibility index (Phi) is 5.03. The molecule has 2 aromatic carbocycles. The Hall–Kier alpha value is -2.82. The van der Waals surface area contributed by atoms with Gasteiger partial charge < -0.3 is 14.0 Å². The molecule has 0 saturated carbocycles. The number of hydrogen-bond donors (Lipinski definition) is 0. The number of benzene rings is 2. The van der Waals surface area contributed by atoms with Crippen LogP contribution in [0.15, 0.2) is 40.9 Å². The van der Waals surface area contributed by atoms with Gasteiger partial charge in [0.2, 0.25) is 5.82 Å². The molecule has 0 atom stereocenters. The second kappa shape index (κ2) is 7.38. The van der Waals surface area contributed by atoms with Crippen LogP contribution in [0.1, 0.15) is 25.0 Å². The lowest BCUT2D eigenvalue weighted by atomic mass is 10.0. The van der Waals surface area contributed by atoms with Gasteiger partial charge >= 0.3 is 0 Å². The molecule has 3 aromatic rings. The summed E-state index contributed by atoms with van der Waals surface area (Å²) < 4.78 is 16.7. The van der Waals surface area contributed by atoms with Crippen LogP contribution in [0.3, 0.4) is 0 Å². The van der Waals surface area contributed by atoms with Gasteiger partial charge in [-0.2, -0.15) is 4.98 Å². The fraction of sp³-hybridized carbons (Fsp3) is 0.300. The first kappa shape index (κ1) is 17.0. The highest BCUT2D eigenvalue weighted by Gasteiger charge is 2.15. The monoisotopic (exact) mass is 338 g/mol. The van der Waals surface area contributed by atoms with Crippen molar-refractivity contribution < 1.29 is 14.0 Å². The quantitative estimate of drug-likeness (QED) is 0.645. The summed E-state index contributed by atoms with van der Waals surface area (Å²) in [6.07, 6.45) is 0. The Labute approximate surface area is 147 Å². The first-order valence-corrected chi connectivity index (χ1v) is 8.44. The lowest BCUT2D eigenvalue weighted by Crippen LogP contribution is -1.98. The molecule has 0 fully saturated rings. The molecule has 0 amide bonds. The first-order chi connectivity index (χ1) is 12.1. The predicted molar refractivity (Wildman–Crippen MR) is 97.0 cm³/mol. The molecule has 0 spiro atoms. The van der Waals surface area contributed by atoms with Crippen molar-refractivity contribution in [2.75, 3.05) is 13.2 Å². The second-order valence-corrected chi connectivity index (χ2v) is 5.70. The van der Waals surface area contributed by atoms with Crippen LogP contribution < -0.4 is 9.47 Å². The van der Waals surface area contributed by atoms with Crippen molar-refractivity contribution in [1.29, 1.82) is 0 Å². The minimum Gasteiger partial charge on any atom is -0.490 e. The van der Waals surface area contributed by atoms with Crippen LogP contribution in [0.2, 0.25) is 0 Å². The fourth-order valence-corrected chi connectivity index (χ4v) is 2.63. The molecule has 0 aliphatic heterocycles. The Morgan fingerprint density at radius 3 is 2.48 bits per heavy atom. The Morgan fingerprint density at radius 2 is 1.72 bits per heavy atom. The Bertz CT molecular complexity index is 871. The second-order valence-electron chi connectivity index (χ2n) is 5.70. The maximum atomic E-state index is 5.66. The number of ether oxygens (including phenoxy) is 2. The maximum Gasteiger partial charge on any atom is 0.258 e. The zero-order chi connectivity index (χ0) is 17.8. The molecule has 0 bridgehead atoms. The fourth-order valence-electron chi connectivity index (χ4n) is 2.63. The highest BCUT2D eigenvalue weighted by molar-refractivity contribution is 5.65. The number of nitrogens with zero attached hydrogens (tertiary/aromatic N) is 2. The molecule has 0 aliphatic carbocycles. The molecule has 3 rings (SSSR count). The van der Waals surface area contributed by atoms with E-state index in [4.69, 9.17) is 14.0 Å². The molecule has 5 heteroatoms. The van der Waals surface area contributed by atoms with Crippen LogP contribution in [0.25, 0.3) is 22.8 Å². The summed E-state index contributed by atoms with van der Waals surface area (Å²) in [6, 6.07) is 11.7. The van der Waals surface area contributed by atoms with E-state index < -0.39 is 0 Å². The van der Waals surface area contributed by atoms with Crippen LogP contribution in [0, 0.1) is 13.8 Å². The number of aromatic nitrogens is 2. The summed E-state index contributed by atoms with van der Waals surface area (Å²) in [5.74, 6) is 2.43. The van der Waals surface area contributed by atoms with Crippen molar-refractivity contribution >= 4 is 0 Å². The third kappa shape index (κ3) is 3.50. The lowest BCUT2D eigenvalue weighted by molar-refractivity contribution is 0.288. The minimum atomic E-state index is 0.458. The number of rotatable bonds is 6. The summed E-state index contributed by atoms with van der Waals surface area (Å²) in [6.45, 7) is 9.15. The molecule has 0 radical (unpaired) electrons. The van der Waals surface area contributed by atoms with Crippen LogP contribution in [0.5, 0.6) is 11.5 Å². The highest BCUT2D eigenvalue weighted by Crippen LogP contribution is 2.33. The van der Waals surface area contributed by atoms with E-state index in [0.717, 1.165) is 16.7 Å². The largest absolute Gasteiger partial charge is 0.490 e. The van der Waals surface area contributed by atoms with E-state index in [0.29, 0.717) is 36.4 Å². The highest BCUT2D eigenvalue weighted by atomic mass is 16.5. The maximum absolute atomic E-state index is 5.66. The molecular weight excluding hydrogens is 316 g/mol. The van der Waals surface area contributed by atoms with Gasteiger partial charge in [-0.05, 0) is 57.0 Å². The van der Waals surface area contributed by atoms with Crippen molar-refractivity contribution in [3.63, 3.8) is 0 Å². The third-order valence-corrected chi connectivity index (χ3v) is 4.06. The van der Waals surface area contributed by atoms with Crippen molar-refractivity contribution in [3.05, 3.63) is 47.5 Å². The molecule has 0 aliphatic rings. The molecule has 0 unspecified atom stereocenters. The molecule has 1 aromatic heterocycles. The predicted octanol–water partition coefficient (Wildman–Crippen LogP) is 4.82. The van der Waals surface area contributed by atoms with Gasteiger partial charge in [-0.15, -0.1) is 0 Å². The average molecular weight is 338 g/mol. The SMILES string of the molecule is CCOc1ccc(-c2nc(-c3cccc(C)c3C)no2)cc1OCC. The van der Waals surface area contributed by atoms with E-state index >= 15 is 0 Å². The van der Waals surface area contributed by atoms with Gasteiger partial charge in [0.25, 0.3) is 5.89 Å². The van der Waals surface area contributed by atoms with E-state index in [-0.39, 0.29) is 0 Å². The molecule has 25 heavy (non-hydrogen) atoms. The van der Waals surface area contributed by atoms with E-state index in [1.165, 1.54) is 5.56 Å². The van der Waals surface area contributed by atoms with Gasteiger partial charge in [0.1, 0.15) is 0 Å². The summed E-state index contributed by atoms with van der Waals surface area (Å²) in [5.41, 5.74) is 4.13. The Morgan fingerprint density at radius 1 is 0.960 bits per heavy atom. The molecule has 5 nitrogen and oxygen atoms in total. The molecule has 0 saturated heterocycles. The minimum absolute atomic E-state index is 0.458. The van der Waals surface area contributed by atoms with E-state index in [1.807, 2.05) is 44.2 Å². The third-order valence-electron chi connectivity index (χ3n) is 4.06. The summed E-state index contributed by atoms with van der Waals surface area (Å²) >= 11 is 0. The van der Waals surface area contributed by atoms with E-state index in [2.05, 4.69) is 30.1 Å². The van der Waals surface area contributed by atoms with Gasteiger partial charge in [0.15, 0.2) is 11.5 Å². The number of hydrogen-bond acceptors (Lipinski definition) is 5. The summed E-state index contributed by atoms with van der Waals surface area (Å²) in [4.78, 5) is 4.56. The normalized spacial score (nSPS) is 10.7. The molecule has 130 valence electrons. The zero-order valence-electron chi connectivity index (χ0n) is 15.0. The van der Waals surface area contributed by atoms with Crippen LogP contribution in [0.4, 0.5) is 0 Å². The molecule has 1 heterocycles. The van der Waals surface area contributed by atoms with Crippen LogP contribution in [-0.4, -0.2) is 23.4 Å². The molecule has 0 N–H and O–H groups in total. The van der Waals surface area contributed by atoms with Gasteiger partial charge in [0, 0.05) is 11.1 Å². The van der Waals surface area contributed by atoms with Crippen molar-refractivity contribution in [2.24, 2.45) is 0 Å². The molecular formula is C20H22N2O3. The smallest absolute Gasteiger partial charge is 0.258 e. The van der Waals surface area contributed by atoms with Crippen molar-refractivity contribution in [2.45, 2.75) is 27.7 Å². The summed E-state index contributed by atoms with van der Waals surface area (Å²) in [7, 11) is 0. The van der Waals surface area contributed by atoms with Gasteiger partial charge in [-0.25, -0.2) is 0 Å². The standard InChI is InChI=1S/C20H22N2O3/c1-5-23-17-11-10-15(12-18(17)24-6-2)20-21-19(22-25-20)16-9-7-8-13(3)14(16)4/h7-12H,5-6H2,1-4H3. The van der Waals surface area contributed by atoms with Gasteiger partial charge in [-0.3, -0.25) is 0 Å². The van der Waals surface area contributed by atoms with E-state index in [1.54, 1.807) is 0 Å². The van der Waals surface area contributed by atoms with Gasteiger partial charge in [0.05, 0.1) is 13.2 Å². The average Bonchev–Trinajstić information content (AvgIpc) is 3.09. The summed E-state index contributed by atoms with van der Waals surface area (Å²) in [5, 5.41) is 4.14. The topological polar surface area (TPSA) is 57.4 Å². The van der Waals surface area contributed by atoms with Gasteiger partial charge in [-0.1, -0.05) is 23.4 Å². The zero-order valence-corrected chi connectivity index (χ0v) is 15.0. The lowest BCUT2D eigenvalue weighted by Gasteiger charge is -2.11. The van der Waals surface area contributed by atoms with Crippen molar-refractivity contribution in [3.8, 4) is 34.3 Å². The van der Waals surface area contributed by atoms with Crippen LogP contribution in [-0.2, 0) is 0 Å². The Balaban J connectivity index is 1.97. The van der Waals surface area contributed by atoms with Crippen LogP contribution >= 0.6 is 0 Å². The van der Waals surface area contributed by atoms with E-state index in [9.17, 15) is 0 Å².